The smallest absolute Gasteiger partial charge is 0.250 e. The van der Waals surface area contributed by atoms with Gasteiger partial charge in [0.2, 0.25) is 16.9 Å². The Morgan fingerprint density at radius 3 is 2.77 bits per heavy atom. The first-order valence-corrected chi connectivity index (χ1v) is 10.7. The van der Waals surface area contributed by atoms with Crippen LogP contribution in [0.1, 0.15) is 28.5 Å². The van der Waals surface area contributed by atoms with Crippen molar-refractivity contribution < 1.29 is 14.3 Å². The first-order chi connectivity index (χ1) is 15.0. The fourth-order valence-corrected chi connectivity index (χ4v) is 4.24. The Hall–Kier alpha value is -3.52. The average Bonchev–Trinajstić information content (AvgIpc) is 3.39. The minimum Gasteiger partial charge on any atom is -0.497 e. The number of rotatable bonds is 6. The molecule has 2 heterocycles. The van der Waals surface area contributed by atoms with Crippen LogP contribution in [0.5, 0.6) is 5.75 Å². The summed E-state index contributed by atoms with van der Waals surface area (Å²) >= 11 is 1.30. The lowest BCUT2D eigenvalue weighted by Crippen LogP contribution is -2.24. The number of nitrogens with one attached hydrogen (secondary N) is 1. The number of aryl methyl sites for hydroxylation is 1. The summed E-state index contributed by atoms with van der Waals surface area (Å²) in [6, 6.07) is 15.3. The van der Waals surface area contributed by atoms with Crippen molar-refractivity contribution in [3.8, 4) is 5.75 Å². The second-order valence-electron chi connectivity index (χ2n) is 7.29. The molecular weight excluding hydrogens is 412 g/mol. The van der Waals surface area contributed by atoms with E-state index in [0.29, 0.717) is 18.1 Å². The van der Waals surface area contributed by atoms with Crippen molar-refractivity contribution in [2.45, 2.75) is 19.3 Å². The highest BCUT2D eigenvalue weighted by Crippen LogP contribution is 2.34. The molecule has 1 fully saturated rings. The summed E-state index contributed by atoms with van der Waals surface area (Å²) in [5, 5.41) is 12.2. The van der Waals surface area contributed by atoms with Gasteiger partial charge in [-0.1, -0.05) is 35.6 Å². The molecule has 0 spiro atoms. The number of hydrogen-bond donors (Lipinski definition) is 1. The van der Waals surface area contributed by atoms with E-state index in [2.05, 4.69) is 15.5 Å². The van der Waals surface area contributed by atoms with Crippen molar-refractivity contribution in [1.82, 2.24) is 10.2 Å². The van der Waals surface area contributed by atoms with Crippen molar-refractivity contribution in [2.75, 3.05) is 23.9 Å². The molecule has 1 aliphatic heterocycles. The lowest BCUT2D eigenvalue weighted by atomic mass is 10.1. The normalized spacial score (nSPS) is 16.1. The Bertz CT molecular complexity index is 1120. The number of ether oxygens (including phenoxy) is 1. The molecule has 1 unspecified atom stereocenters. The van der Waals surface area contributed by atoms with E-state index in [1.807, 2.05) is 55.5 Å². The molecule has 1 N–H and O–H groups in total. The number of nitrogens with zero attached hydrogens (tertiary/aromatic N) is 3. The van der Waals surface area contributed by atoms with Gasteiger partial charge in [0.15, 0.2) is 0 Å². The molecule has 4 rings (SSSR count). The van der Waals surface area contributed by atoms with E-state index in [-0.39, 0.29) is 17.7 Å². The Balaban J connectivity index is 1.37. The highest BCUT2D eigenvalue weighted by molar-refractivity contribution is 7.15. The minimum absolute atomic E-state index is 0.0361. The second kappa shape index (κ2) is 9.09. The maximum Gasteiger partial charge on any atom is 0.250 e. The number of benzene rings is 2. The van der Waals surface area contributed by atoms with Crippen LogP contribution < -0.4 is 15.0 Å². The highest BCUT2D eigenvalue weighted by Gasteiger charge is 2.34. The molecule has 3 aromatic rings. The van der Waals surface area contributed by atoms with E-state index in [1.165, 1.54) is 17.4 Å². The zero-order valence-electron chi connectivity index (χ0n) is 17.2. The van der Waals surface area contributed by atoms with Gasteiger partial charge >= 0.3 is 0 Å². The van der Waals surface area contributed by atoms with Crippen molar-refractivity contribution >= 4 is 40.0 Å². The fourth-order valence-electron chi connectivity index (χ4n) is 3.40. The molecule has 1 atom stereocenters. The molecule has 7 nitrogen and oxygen atoms in total. The van der Waals surface area contributed by atoms with Gasteiger partial charge in [-0.05, 0) is 48.4 Å². The molecular formula is C23H22N4O3S. The number of carbonyl (C=O) groups is 2. The Kier molecular flexibility index (Phi) is 6.08. The number of carbonyl (C=O) groups excluding carboxylic acids is 2. The number of aromatic nitrogens is 2. The van der Waals surface area contributed by atoms with Gasteiger partial charge in [-0.15, -0.1) is 10.2 Å². The zero-order valence-corrected chi connectivity index (χ0v) is 18.1. The van der Waals surface area contributed by atoms with Crippen LogP contribution in [0.25, 0.3) is 6.08 Å². The predicted molar refractivity (Wildman–Crippen MR) is 121 cm³/mol. The van der Waals surface area contributed by atoms with Crippen molar-refractivity contribution in [1.29, 1.82) is 0 Å². The Morgan fingerprint density at radius 1 is 1.23 bits per heavy atom. The Morgan fingerprint density at radius 2 is 2.03 bits per heavy atom. The van der Waals surface area contributed by atoms with E-state index in [4.69, 9.17) is 4.74 Å². The van der Waals surface area contributed by atoms with Crippen molar-refractivity contribution in [3.05, 3.63) is 70.7 Å². The number of anilines is 2. The lowest BCUT2D eigenvalue weighted by molar-refractivity contribution is -0.117. The van der Waals surface area contributed by atoms with Gasteiger partial charge in [-0.3, -0.25) is 14.9 Å². The molecule has 0 saturated carbocycles. The van der Waals surface area contributed by atoms with Gasteiger partial charge in [0.05, 0.1) is 7.11 Å². The van der Waals surface area contributed by atoms with Crippen LogP contribution in [-0.4, -0.2) is 35.7 Å². The minimum atomic E-state index is -0.289. The van der Waals surface area contributed by atoms with Crippen LogP contribution in [-0.2, 0) is 9.59 Å². The number of amides is 2. The predicted octanol–water partition coefficient (Wildman–Crippen LogP) is 4.03. The third kappa shape index (κ3) is 4.97. The van der Waals surface area contributed by atoms with E-state index in [9.17, 15) is 9.59 Å². The first kappa shape index (κ1) is 20.7. The van der Waals surface area contributed by atoms with Gasteiger partial charge in [0.1, 0.15) is 10.8 Å². The van der Waals surface area contributed by atoms with E-state index in [1.54, 1.807) is 18.1 Å². The largest absolute Gasteiger partial charge is 0.497 e. The van der Waals surface area contributed by atoms with E-state index >= 15 is 0 Å². The molecule has 2 aromatic carbocycles. The summed E-state index contributed by atoms with van der Waals surface area (Å²) in [4.78, 5) is 26.5. The van der Waals surface area contributed by atoms with Crippen LogP contribution in [0, 0.1) is 6.92 Å². The molecule has 158 valence electrons. The molecule has 1 aliphatic rings. The molecule has 1 aromatic heterocycles. The standard InChI is InChI=1S/C23H22N4O3S/c1-15-4-3-5-18(12-15)27-14-17(13-21(27)29)22-25-26-23(31-22)24-20(28)11-8-16-6-9-19(30-2)10-7-16/h3-12,17H,13-14H2,1-2H3,(H,24,26,28)/b11-8+. The van der Waals surface area contributed by atoms with Gasteiger partial charge in [0.25, 0.3) is 0 Å². The summed E-state index contributed by atoms with van der Waals surface area (Å²) in [7, 11) is 1.61. The van der Waals surface area contributed by atoms with Gasteiger partial charge in [0, 0.05) is 30.6 Å². The maximum absolute atomic E-state index is 12.5. The van der Waals surface area contributed by atoms with Crippen molar-refractivity contribution in [3.63, 3.8) is 0 Å². The summed E-state index contributed by atoms with van der Waals surface area (Å²) in [5.41, 5.74) is 2.89. The molecule has 2 amide bonds. The van der Waals surface area contributed by atoms with Crippen LogP contribution in [0.3, 0.4) is 0 Å². The van der Waals surface area contributed by atoms with Crippen LogP contribution in [0.2, 0.25) is 0 Å². The molecule has 0 aliphatic carbocycles. The first-order valence-electron chi connectivity index (χ1n) is 9.85. The highest BCUT2D eigenvalue weighted by atomic mass is 32.1. The summed E-state index contributed by atoms with van der Waals surface area (Å²) in [6.45, 7) is 2.56. The molecule has 0 bridgehead atoms. The number of hydrogen-bond acceptors (Lipinski definition) is 6. The molecule has 8 heteroatoms. The molecule has 31 heavy (non-hydrogen) atoms. The van der Waals surface area contributed by atoms with Gasteiger partial charge < -0.3 is 9.64 Å². The second-order valence-corrected chi connectivity index (χ2v) is 8.29. The summed E-state index contributed by atoms with van der Waals surface area (Å²) in [6.07, 6.45) is 3.54. The average molecular weight is 435 g/mol. The van der Waals surface area contributed by atoms with Gasteiger partial charge in [-0.25, -0.2) is 0 Å². The van der Waals surface area contributed by atoms with Crippen molar-refractivity contribution in [2.24, 2.45) is 0 Å². The van der Waals surface area contributed by atoms with E-state index < -0.39 is 0 Å². The van der Waals surface area contributed by atoms with Crippen LogP contribution in [0.4, 0.5) is 10.8 Å². The quantitative estimate of drug-likeness (QED) is 0.592. The fraction of sp³-hybridized carbons (Fsp3) is 0.217. The van der Waals surface area contributed by atoms with E-state index in [0.717, 1.165) is 27.6 Å². The third-order valence-electron chi connectivity index (χ3n) is 5.00. The topological polar surface area (TPSA) is 84.4 Å². The van der Waals surface area contributed by atoms with Crippen LogP contribution >= 0.6 is 11.3 Å². The maximum atomic E-state index is 12.5. The van der Waals surface area contributed by atoms with Gasteiger partial charge in [-0.2, -0.15) is 0 Å². The van der Waals surface area contributed by atoms with Crippen LogP contribution in [0.15, 0.2) is 54.6 Å². The Labute approximate surface area is 184 Å². The molecule has 0 radical (unpaired) electrons. The number of methoxy groups -OCH3 is 1. The lowest BCUT2D eigenvalue weighted by Gasteiger charge is -2.16. The monoisotopic (exact) mass is 434 g/mol. The molecule has 1 saturated heterocycles. The zero-order chi connectivity index (χ0) is 21.8. The third-order valence-corrected chi connectivity index (χ3v) is 6.00. The summed E-state index contributed by atoms with van der Waals surface area (Å²) < 4.78 is 5.12. The SMILES string of the molecule is COc1ccc(/C=C/C(=O)Nc2nnc(C3CC(=O)N(c4cccc(C)c4)C3)s2)cc1. The summed E-state index contributed by atoms with van der Waals surface area (Å²) in [5.74, 6) is 0.501.